The molecule has 0 atom stereocenters. The van der Waals surface area contributed by atoms with Gasteiger partial charge in [0.1, 0.15) is 0 Å². The molecule has 1 aliphatic heterocycles. The fraction of sp³-hybridized carbons (Fsp3) is 0.167. The maximum Gasteiger partial charge on any atom is 0.187 e. The molecule has 24 heavy (non-hydrogen) atoms. The highest BCUT2D eigenvalue weighted by Gasteiger charge is 2.16. The Morgan fingerprint density at radius 2 is 1.79 bits per heavy atom. The standard InChI is InChI=1S/C18H13BrCl2O3/c19-14-10-18-17(23-6-1-7-24-18)9-13(14)16(22)5-3-11-2-4-12(20)8-15(11)21/h2-5,8-10H,1,6-7H2. The fourth-order valence-electron chi connectivity index (χ4n) is 2.26. The Morgan fingerprint density at radius 1 is 1.08 bits per heavy atom. The van der Waals surface area contributed by atoms with Crippen LogP contribution in [0.3, 0.4) is 0 Å². The lowest BCUT2D eigenvalue weighted by Gasteiger charge is -2.10. The van der Waals surface area contributed by atoms with Gasteiger partial charge in [-0.2, -0.15) is 0 Å². The van der Waals surface area contributed by atoms with Crippen molar-refractivity contribution in [1.82, 2.24) is 0 Å². The number of allylic oxidation sites excluding steroid dienone is 1. The molecule has 0 N–H and O–H groups in total. The molecular formula is C18H13BrCl2O3. The van der Waals surface area contributed by atoms with Crippen molar-refractivity contribution in [3.63, 3.8) is 0 Å². The molecule has 1 heterocycles. The van der Waals surface area contributed by atoms with Gasteiger partial charge in [0.05, 0.1) is 13.2 Å². The maximum atomic E-state index is 12.5. The van der Waals surface area contributed by atoms with Crippen molar-refractivity contribution < 1.29 is 14.3 Å². The second kappa shape index (κ2) is 7.60. The molecule has 0 saturated carbocycles. The van der Waals surface area contributed by atoms with Gasteiger partial charge in [0.2, 0.25) is 0 Å². The Labute approximate surface area is 158 Å². The number of carbonyl (C=O) groups is 1. The van der Waals surface area contributed by atoms with E-state index in [9.17, 15) is 4.79 Å². The van der Waals surface area contributed by atoms with E-state index in [1.807, 2.05) is 0 Å². The van der Waals surface area contributed by atoms with E-state index >= 15 is 0 Å². The summed E-state index contributed by atoms with van der Waals surface area (Å²) in [6, 6.07) is 8.58. The third-order valence-corrected chi connectivity index (χ3v) is 4.70. The van der Waals surface area contributed by atoms with Crippen LogP contribution in [0, 0.1) is 0 Å². The van der Waals surface area contributed by atoms with Crippen molar-refractivity contribution in [2.45, 2.75) is 6.42 Å². The van der Waals surface area contributed by atoms with Crippen LogP contribution < -0.4 is 9.47 Å². The summed E-state index contributed by atoms with van der Waals surface area (Å²) >= 11 is 15.4. The third kappa shape index (κ3) is 3.94. The number of fused-ring (bicyclic) bond motifs is 1. The smallest absolute Gasteiger partial charge is 0.187 e. The molecule has 0 radical (unpaired) electrons. The molecule has 3 nitrogen and oxygen atoms in total. The lowest BCUT2D eigenvalue weighted by atomic mass is 10.1. The van der Waals surface area contributed by atoms with Gasteiger partial charge in [-0.05, 0) is 57.9 Å². The number of rotatable bonds is 3. The van der Waals surface area contributed by atoms with E-state index in [-0.39, 0.29) is 5.78 Å². The first-order valence-electron chi connectivity index (χ1n) is 7.31. The van der Waals surface area contributed by atoms with Crippen LogP contribution in [-0.4, -0.2) is 19.0 Å². The first kappa shape index (κ1) is 17.3. The van der Waals surface area contributed by atoms with Crippen molar-refractivity contribution >= 4 is 51.0 Å². The van der Waals surface area contributed by atoms with E-state index in [1.54, 1.807) is 36.4 Å². The topological polar surface area (TPSA) is 35.5 Å². The predicted octanol–water partition coefficient (Wildman–Crippen LogP) is 5.81. The molecule has 6 heteroatoms. The monoisotopic (exact) mass is 426 g/mol. The van der Waals surface area contributed by atoms with Crippen molar-refractivity contribution in [3.05, 3.63) is 62.1 Å². The van der Waals surface area contributed by atoms with Crippen LogP contribution >= 0.6 is 39.1 Å². The van der Waals surface area contributed by atoms with E-state index in [2.05, 4.69) is 15.9 Å². The maximum absolute atomic E-state index is 12.5. The summed E-state index contributed by atoms with van der Waals surface area (Å²) in [6.07, 6.45) is 3.94. The van der Waals surface area contributed by atoms with E-state index in [0.717, 1.165) is 12.0 Å². The minimum Gasteiger partial charge on any atom is -0.490 e. The fourth-order valence-corrected chi connectivity index (χ4v) is 3.25. The molecule has 3 rings (SSSR count). The van der Waals surface area contributed by atoms with Crippen LogP contribution in [0.4, 0.5) is 0 Å². The molecule has 2 aromatic rings. The second-order valence-electron chi connectivity index (χ2n) is 5.19. The molecule has 0 spiro atoms. The average Bonchev–Trinajstić information content (AvgIpc) is 2.77. The number of halogens is 3. The lowest BCUT2D eigenvalue weighted by molar-refractivity contribution is 0.104. The van der Waals surface area contributed by atoms with Gasteiger partial charge in [0.15, 0.2) is 17.3 Å². The summed E-state index contributed by atoms with van der Waals surface area (Å²) < 4.78 is 11.9. The third-order valence-electron chi connectivity index (χ3n) is 3.48. The van der Waals surface area contributed by atoms with E-state index in [1.165, 1.54) is 6.08 Å². The first-order valence-corrected chi connectivity index (χ1v) is 8.86. The summed E-state index contributed by atoms with van der Waals surface area (Å²) in [7, 11) is 0. The highest BCUT2D eigenvalue weighted by molar-refractivity contribution is 9.10. The van der Waals surface area contributed by atoms with Crippen molar-refractivity contribution in [1.29, 1.82) is 0 Å². The highest BCUT2D eigenvalue weighted by Crippen LogP contribution is 2.35. The van der Waals surface area contributed by atoms with Gasteiger partial charge >= 0.3 is 0 Å². The summed E-state index contributed by atoms with van der Waals surface area (Å²) in [5.41, 5.74) is 1.22. The predicted molar refractivity (Wildman–Crippen MR) is 99.6 cm³/mol. The Morgan fingerprint density at radius 3 is 2.50 bits per heavy atom. The lowest BCUT2D eigenvalue weighted by Crippen LogP contribution is -1.99. The van der Waals surface area contributed by atoms with Crippen LogP contribution in [0.5, 0.6) is 11.5 Å². The molecule has 124 valence electrons. The van der Waals surface area contributed by atoms with Crippen molar-refractivity contribution in [3.8, 4) is 11.5 Å². The number of ether oxygens (including phenoxy) is 2. The first-order chi connectivity index (χ1) is 11.5. The van der Waals surface area contributed by atoms with Crippen LogP contribution in [0.2, 0.25) is 10.0 Å². The number of carbonyl (C=O) groups excluding carboxylic acids is 1. The molecule has 0 bridgehead atoms. The van der Waals surface area contributed by atoms with Gasteiger partial charge in [-0.25, -0.2) is 0 Å². The summed E-state index contributed by atoms with van der Waals surface area (Å²) in [6.45, 7) is 1.17. The van der Waals surface area contributed by atoms with Gasteiger partial charge in [0, 0.05) is 26.5 Å². The molecule has 0 aliphatic carbocycles. The molecule has 1 aliphatic rings. The van der Waals surface area contributed by atoms with Gasteiger partial charge < -0.3 is 9.47 Å². The number of ketones is 1. The average molecular weight is 428 g/mol. The molecule has 0 unspecified atom stereocenters. The Balaban J connectivity index is 1.87. The molecule has 0 amide bonds. The van der Waals surface area contributed by atoms with E-state index in [4.69, 9.17) is 32.7 Å². The minimum atomic E-state index is -0.163. The number of benzene rings is 2. The molecule has 0 saturated heterocycles. The van der Waals surface area contributed by atoms with Gasteiger partial charge in [-0.15, -0.1) is 0 Å². The molecule has 0 aromatic heterocycles. The van der Waals surface area contributed by atoms with Crippen LogP contribution in [0.15, 0.2) is 40.9 Å². The second-order valence-corrected chi connectivity index (χ2v) is 6.89. The quantitative estimate of drug-likeness (QED) is 0.457. The molecular weight excluding hydrogens is 415 g/mol. The Hall–Kier alpha value is -1.49. The Kier molecular flexibility index (Phi) is 5.49. The normalized spacial score (nSPS) is 13.8. The van der Waals surface area contributed by atoms with E-state index < -0.39 is 0 Å². The minimum absolute atomic E-state index is 0.163. The van der Waals surface area contributed by atoms with E-state index in [0.29, 0.717) is 44.8 Å². The zero-order valence-electron chi connectivity index (χ0n) is 12.5. The van der Waals surface area contributed by atoms with Gasteiger partial charge in [-0.3, -0.25) is 4.79 Å². The van der Waals surface area contributed by atoms with Crippen LogP contribution in [0.25, 0.3) is 6.08 Å². The number of hydrogen-bond donors (Lipinski definition) is 0. The molecule has 2 aromatic carbocycles. The molecule has 0 fully saturated rings. The summed E-state index contributed by atoms with van der Waals surface area (Å²) in [5, 5.41) is 1.04. The SMILES string of the molecule is O=C(C=Cc1ccc(Cl)cc1Cl)c1cc2c(cc1Br)OCCCO2. The van der Waals surface area contributed by atoms with Crippen LogP contribution in [-0.2, 0) is 0 Å². The van der Waals surface area contributed by atoms with Gasteiger partial charge in [0.25, 0.3) is 0 Å². The Bertz CT molecular complexity index is 818. The summed E-state index contributed by atoms with van der Waals surface area (Å²) in [5.74, 6) is 1.06. The zero-order valence-corrected chi connectivity index (χ0v) is 15.6. The summed E-state index contributed by atoms with van der Waals surface area (Å²) in [4.78, 5) is 12.5. The van der Waals surface area contributed by atoms with Crippen LogP contribution in [0.1, 0.15) is 22.3 Å². The van der Waals surface area contributed by atoms with Crippen molar-refractivity contribution in [2.75, 3.05) is 13.2 Å². The number of hydrogen-bond acceptors (Lipinski definition) is 3. The van der Waals surface area contributed by atoms with Crippen molar-refractivity contribution in [2.24, 2.45) is 0 Å². The van der Waals surface area contributed by atoms with Gasteiger partial charge in [-0.1, -0.05) is 29.3 Å². The zero-order chi connectivity index (χ0) is 17.1. The largest absolute Gasteiger partial charge is 0.490 e. The highest BCUT2D eigenvalue weighted by atomic mass is 79.9.